The molecule has 0 radical (unpaired) electrons. The predicted octanol–water partition coefficient (Wildman–Crippen LogP) is 1.79. The van der Waals surface area contributed by atoms with E-state index in [1.807, 2.05) is 0 Å². The fraction of sp³-hybridized carbons (Fsp3) is 0.333. The highest BCUT2D eigenvalue weighted by Crippen LogP contribution is 2.12. The Labute approximate surface area is 103 Å². The van der Waals surface area contributed by atoms with Crippen LogP contribution in [0, 0.1) is 11.6 Å². The van der Waals surface area contributed by atoms with Crippen molar-refractivity contribution in [3.05, 3.63) is 35.4 Å². The summed E-state index contributed by atoms with van der Waals surface area (Å²) in [6.07, 6.45) is -0.413. The number of carboxylic acid groups (broad SMARTS) is 1. The van der Waals surface area contributed by atoms with Crippen LogP contribution in [0.3, 0.4) is 0 Å². The maximum atomic E-state index is 13.3. The molecule has 1 rings (SSSR count). The van der Waals surface area contributed by atoms with Crippen molar-refractivity contribution in [1.82, 2.24) is 4.90 Å². The topological polar surface area (TPSA) is 57.6 Å². The van der Waals surface area contributed by atoms with Crippen LogP contribution in [0.4, 0.5) is 8.78 Å². The minimum absolute atomic E-state index is 0.0232. The van der Waals surface area contributed by atoms with Crippen molar-refractivity contribution < 1.29 is 23.5 Å². The summed E-state index contributed by atoms with van der Waals surface area (Å²) in [6, 6.07) is 3.10. The highest BCUT2D eigenvalue weighted by molar-refractivity contribution is 5.80. The number of hydrogen-bond acceptors (Lipinski definition) is 2. The number of halogens is 2. The molecular formula is C12H13F2NO3. The van der Waals surface area contributed by atoms with Gasteiger partial charge in [-0.3, -0.25) is 9.59 Å². The normalized spacial score (nSPS) is 10.2. The van der Waals surface area contributed by atoms with Crippen LogP contribution in [-0.4, -0.2) is 28.9 Å². The van der Waals surface area contributed by atoms with Crippen molar-refractivity contribution in [2.75, 3.05) is 7.05 Å². The molecule has 1 aromatic carbocycles. The summed E-state index contributed by atoms with van der Waals surface area (Å²) in [5, 5.41) is 8.44. The Bertz CT molecular complexity index is 463. The van der Waals surface area contributed by atoms with Crippen LogP contribution >= 0.6 is 0 Å². The van der Waals surface area contributed by atoms with Crippen LogP contribution in [0.25, 0.3) is 0 Å². The van der Waals surface area contributed by atoms with Gasteiger partial charge in [-0.25, -0.2) is 8.78 Å². The van der Waals surface area contributed by atoms with E-state index >= 15 is 0 Å². The summed E-state index contributed by atoms with van der Waals surface area (Å²) in [5.41, 5.74) is 0.183. The number of nitrogens with zero attached hydrogens (tertiary/aromatic N) is 1. The number of carboxylic acids is 1. The van der Waals surface area contributed by atoms with E-state index in [9.17, 15) is 18.4 Å². The highest BCUT2D eigenvalue weighted by Gasteiger charge is 2.13. The second-order valence-electron chi connectivity index (χ2n) is 3.88. The molecular weight excluding hydrogens is 244 g/mol. The lowest BCUT2D eigenvalue weighted by molar-refractivity contribution is -0.140. The second kappa shape index (κ2) is 6.09. The van der Waals surface area contributed by atoms with Gasteiger partial charge >= 0.3 is 5.97 Å². The van der Waals surface area contributed by atoms with E-state index in [0.717, 1.165) is 12.1 Å². The Hall–Kier alpha value is -1.98. The maximum absolute atomic E-state index is 13.3. The van der Waals surface area contributed by atoms with Gasteiger partial charge in [0, 0.05) is 31.6 Å². The molecule has 0 aromatic heterocycles. The fourth-order valence-corrected chi connectivity index (χ4v) is 1.40. The van der Waals surface area contributed by atoms with Gasteiger partial charge in [-0.05, 0) is 6.07 Å². The minimum Gasteiger partial charge on any atom is -0.481 e. The number of amides is 1. The molecule has 0 unspecified atom stereocenters. The molecule has 0 aliphatic heterocycles. The van der Waals surface area contributed by atoms with Crippen LogP contribution in [0.2, 0.25) is 0 Å². The number of rotatable bonds is 5. The number of carbonyl (C=O) groups is 2. The largest absolute Gasteiger partial charge is 0.481 e. The quantitative estimate of drug-likeness (QED) is 0.874. The zero-order valence-electron chi connectivity index (χ0n) is 9.82. The molecule has 1 N–H and O–H groups in total. The lowest BCUT2D eigenvalue weighted by Gasteiger charge is -2.17. The molecule has 0 bridgehead atoms. The van der Waals surface area contributed by atoms with E-state index in [1.54, 1.807) is 0 Å². The Kier molecular flexibility index (Phi) is 4.76. The van der Waals surface area contributed by atoms with Gasteiger partial charge in [0.2, 0.25) is 5.91 Å². The van der Waals surface area contributed by atoms with Gasteiger partial charge in [-0.15, -0.1) is 0 Å². The van der Waals surface area contributed by atoms with Crippen molar-refractivity contribution in [2.45, 2.75) is 19.4 Å². The summed E-state index contributed by atoms with van der Waals surface area (Å²) < 4.78 is 26.0. The third-order valence-electron chi connectivity index (χ3n) is 2.40. The molecule has 1 aromatic rings. The van der Waals surface area contributed by atoms with Gasteiger partial charge in [0.1, 0.15) is 11.6 Å². The molecule has 0 fully saturated rings. The summed E-state index contributed by atoms with van der Waals surface area (Å²) in [6.45, 7) is -0.0232. The average molecular weight is 257 g/mol. The first-order chi connectivity index (χ1) is 8.40. The van der Waals surface area contributed by atoms with Gasteiger partial charge in [-0.1, -0.05) is 6.07 Å². The van der Waals surface area contributed by atoms with Crippen LogP contribution in [0.5, 0.6) is 0 Å². The second-order valence-corrected chi connectivity index (χ2v) is 3.88. The predicted molar refractivity (Wildman–Crippen MR) is 59.7 cm³/mol. The zero-order chi connectivity index (χ0) is 13.7. The molecule has 0 aliphatic carbocycles. The fourth-order valence-electron chi connectivity index (χ4n) is 1.40. The van der Waals surface area contributed by atoms with E-state index < -0.39 is 23.5 Å². The lowest BCUT2D eigenvalue weighted by atomic mass is 10.2. The molecule has 4 nitrogen and oxygen atoms in total. The van der Waals surface area contributed by atoms with Gasteiger partial charge in [0.05, 0.1) is 6.42 Å². The van der Waals surface area contributed by atoms with Crippen molar-refractivity contribution in [1.29, 1.82) is 0 Å². The molecule has 0 aliphatic rings. The SMILES string of the molecule is CN(Cc1ccc(F)cc1F)C(=O)CCC(=O)O. The molecule has 98 valence electrons. The molecule has 18 heavy (non-hydrogen) atoms. The third-order valence-corrected chi connectivity index (χ3v) is 2.40. The molecule has 6 heteroatoms. The highest BCUT2D eigenvalue weighted by atomic mass is 19.1. The van der Waals surface area contributed by atoms with Crippen molar-refractivity contribution >= 4 is 11.9 Å². The Morgan fingerprint density at radius 1 is 1.28 bits per heavy atom. The van der Waals surface area contributed by atoms with Crippen molar-refractivity contribution in [3.8, 4) is 0 Å². The first-order valence-corrected chi connectivity index (χ1v) is 5.30. The summed E-state index contributed by atoms with van der Waals surface area (Å²) in [4.78, 5) is 23.0. The van der Waals surface area contributed by atoms with Crippen LogP contribution < -0.4 is 0 Å². The third kappa shape index (κ3) is 4.12. The van der Waals surface area contributed by atoms with E-state index in [-0.39, 0.29) is 24.9 Å². The van der Waals surface area contributed by atoms with E-state index in [4.69, 9.17) is 5.11 Å². The molecule has 1 amide bonds. The Balaban J connectivity index is 2.60. The monoisotopic (exact) mass is 257 g/mol. The van der Waals surface area contributed by atoms with E-state index in [2.05, 4.69) is 0 Å². The first-order valence-electron chi connectivity index (χ1n) is 5.30. The van der Waals surface area contributed by atoms with Crippen molar-refractivity contribution in [2.24, 2.45) is 0 Å². The van der Waals surface area contributed by atoms with Gasteiger partial charge in [-0.2, -0.15) is 0 Å². The number of benzene rings is 1. The number of hydrogen-bond donors (Lipinski definition) is 1. The van der Waals surface area contributed by atoms with Gasteiger partial charge in [0.25, 0.3) is 0 Å². The summed E-state index contributed by atoms with van der Waals surface area (Å²) in [7, 11) is 1.44. The van der Waals surface area contributed by atoms with Gasteiger partial charge in [0.15, 0.2) is 0 Å². The Morgan fingerprint density at radius 3 is 2.50 bits per heavy atom. The maximum Gasteiger partial charge on any atom is 0.303 e. The first kappa shape index (κ1) is 14.1. The molecule has 0 atom stereocenters. The average Bonchev–Trinajstić information content (AvgIpc) is 2.29. The van der Waals surface area contributed by atoms with Crippen LogP contribution in [-0.2, 0) is 16.1 Å². The molecule has 0 heterocycles. The number of carbonyl (C=O) groups excluding carboxylic acids is 1. The van der Waals surface area contributed by atoms with Crippen molar-refractivity contribution in [3.63, 3.8) is 0 Å². The minimum atomic E-state index is -1.07. The lowest BCUT2D eigenvalue weighted by Crippen LogP contribution is -2.27. The van der Waals surface area contributed by atoms with E-state index in [0.29, 0.717) is 0 Å². The van der Waals surface area contributed by atoms with Gasteiger partial charge < -0.3 is 10.0 Å². The standard InChI is InChI=1S/C12H13F2NO3/c1-15(11(16)4-5-12(17)18)7-8-2-3-9(13)6-10(8)14/h2-3,6H,4-5,7H2,1H3,(H,17,18). The van der Waals surface area contributed by atoms with Crippen LogP contribution in [0.1, 0.15) is 18.4 Å². The van der Waals surface area contributed by atoms with E-state index in [1.165, 1.54) is 18.0 Å². The number of aliphatic carboxylic acids is 1. The smallest absolute Gasteiger partial charge is 0.303 e. The molecule has 0 spiro atoms. The summed E-state index contributed by atoms with van der Waals surface area (Å²) in [5.74, 6) is -2.88. The van der Waals surface area contributed by atoms with Crippen LogP contribution in [0.15, 0.2) is 18.2 Å². The Morgan fingerprint density at radius 2 is 1.94 bits per heavy atom. The zero-order valence-corrected chi connectivity index (χ0v) is 9.82. The summed E-state index contributed by atoms with van der Waals surface area (Å²) >= 11 is 0. The molecule has 0 saturated carbocycles. The molecule has 0 saturated heterocycles.